The Morgan fingerprint density at radius 2 is 2.60 bits per heavy atom. The molecule has 4 heteroatoms. The molecule has 1 rings (SSSR count). The van der Waals surface area contributed by atoms with Gasteiger partial charge in [0.2, 0.25) is 5.91 Å². The van der Waals surface area contributed by atoms with E-state index in [-0.39, 0.29) is 6.42 Å². The number of carbonyl (C=O) groups excluding carboxylic acids is 1. The molecule has 0 fully saturated rings. The fraction of sp³-hybridized carbons (Fsp3) is 0.333. The third-order valence-corrected chi connectivity index (χ3v) is 1.03. The van der Waals surface area contributed by atoms with E-state index in [4.69, 9.17) is 10.3 Å². The number of amides is 1. The van der Waals surface area contributed by atoms with Gasteiger partial charge in [-0.25, -0.2) is 0 Å². The standard InChI is InChI=1S/C6H8N2O2/c1-4-2-5(8-10-4)3-6(7)9/h2H,3H2,1H3,(H2,7,9). The van der Waals surface area contributed by atoms with Crippen molar-refractivity contribution in [3.05, 3.63) is 17.5 Å². The van der Waals surface area contributed by atoms with Crippen LogP contribution in [0.3, 0.4) is 0 Å². The van der Waals surface area contributed by atoms with Crippen LogP contribution in [0, 0.1) is 6.92 Å². The van der Waals surface area contributed by atoms with Gasteiger partial charge in [0.15, 0.2) is 0 Å². The molecular weight excluding hydrogens is 132 g/mol. The normalized spacial score (nSPS) is 9.70. The molecule has 0 saturated carbocycles. The smallest absolute Gasteiger partial charge is 0.223 e. The van der Waals surface area contributed by atoms with Crippen LogP contribution >= 0.6 is 0 Å². The first-order valence-electron chi connectivity index (χ1n) is 2.89. The van der Waals surface area contributed by atoms with Gasteiger partial charge >= 0.3 is 0 Å². The van der Waals surface area contributed by atoms with Crippen molar-refractivity contribution in [2.45, 2.75) is 13.3 Å². The fourth-order valence-electron chi connectivity index (χ4n) is 0.680. The largest absolute Gasteiger partial charge is 0.369 e. The lowest BCUT2D eigenvalue weighted by Gasteiger charge is -1.83. The third kappa shape index (κ3) is 1.58. The predicted octanol–water partition coefficient (Wildman–Crippen LogP) is 0.0108. The minimum atomic E-state index is -0.395. The molecule has 0 unspecified atom stereocenters. The van der Waals surface area contributed by atoms with Crippen molar-refractivity contribution in [1.82, 2.24) is 5.16 Å². The van der Waals surface area contributed by atoms with Crippen LogP contribution in [0.25, 0.3) is 0 Å². The van der Waals surface area contributed by atoms with Crippen molar-refractivity contribution in [2.24, 2.45) is 5.73 Å². The van der Waals surface area contributed by atoms with E-state index in [1.165, 1.54) is 0 Å². The van der Waals surface area contributed by atoms with Gasteiger partial charge in [-0.05, 0) is 6.92 Å². The number of rotatable bonds is 2. The Morgan fingerprint density at radius 3 is 3.00 bits per heavy atom. The van der Waals surface area contributed by atoms with Crippen LogP contribution in [0.1, 0.15) is 11.5 Å². The molecule has 0 aromatic carbocycles. The van der Waals surface area contributed by atoms with Gasteiger partial charge < -0.3 is 10.3 Å². The molecule has 1 aromatic heterocycles. The van der Waals surface area contributed by atoms with Gasteiger partial charge in [0.25, 0.3) is 0 Å². The molecule has 0 saturated heterocycles. The summed E-state index contributed by atoms with van der Waals surface area (Å²) >= 11 is 0. The van der Waals surface area contributed by atoms with Crippen molar-refractivity contribution < 1.29 is 9.32 Å². The first-order valence-corrected chi connectivity index (χ1v) is 2.89. The molecule has 1 amide bonds. The number of hydrogen-bond donors (Lipinski definition) is 1. The monoisotopic (exact) mass is 140 g/mol. The van der Waals surface area contributed by atoms with Gasteiger partial charge in [-0.1, -0.05) is 5.16 Å². The average molecular weight is 140 g/mol. The number of aryl methyl sites for hydroxylation is 1. The van der Waals surface area contributed by atoms with Gasteiger partial charge in [0.1, 0.15) is 5.76 Å². The van der Waals surface area contributed by atoms with Crippen molar-refractivity contribution in [3.63, 3.8) is 0 Å². The summed E-state index contributed by atoms with van der Waals surface area (Å²) in [5, 5.41) is 3.58. The van der Waals surface area contributed by atoms with Crippen LogP contribution in [0.2, 0.25) is 0 Å². The Labute approximate surface area is 58.0 Å². The van der Waals surface area contributed by atoms with E-state index in [0.717, 1.165) is 0 Å². The van der Waals surface area contributed by atoms with Gasteiger partial charge in [-0.2, -0.15) is 0 Å². The maximum atomic E-state index is 10.3. The van der Waals surface area contributed by atoms with Gasteiger partial charge in [-0.3, -0.25) is 4.79 Å². The zero-order chi connectivity index (χ0) is 7.56. The molecular formula is C6H8N2O2. The molecule has 0 aliphatic rings. The Morgan fingerprint density at radius 1 is 1.90 bits per heavy atom. The summed E-state index contributed by atoms with van der Waals surface area (Å²) in [6, 6.07) is 1.69. The number of primary amides is 1. The topological polar surface area (TPSA) is 69.1 Å². The van der Waals surface area contributed by atoms with Crippen LogP contribution in [0.5, 0.6) is 0 Å². The second-order valence-electron chi connectivity index (χ2n) is 2.07. The van der Waals surface area contributed by atoms with Crippen LogP contribution in [0.15, 0.2) is 10.6 Å². The molecule has 0 aliphatic carbocycles. The second-order valence-corrected chi connectivity index (χ2v) is 2.07. The number of hydrogen-bond acceptors (Lipinski definition) is 3. The van der Waals surface area contributed by atoms with Crippen LogP contribution in [-0.4, -0.2) is 11.1 Å². The first-order chi connectivity index (χ1) is 4.68. The first kappa shape index (κ1) is 6.80. The molecule has 10 heavy (non-hydrogen) atoms. The lowest BCUT2D eigenvalue weighted by molar-refractivity contribution is -0.117. The number of nitrogens with zero attached hydrogens (tertiary/aromatic N) is 1. The van der Waals surface area contributed by atoms with Crippen molar-refractivity contribution in [1.29, 1.82) is 0 Å². The Hall–Kier alpha value is -1.32. The summed E-state index contributed by atoms with van der Waals surface area (Å²) in [5.41, 5.74) is 5.50. The minimum absolute atomic E-state index is 0.150. The van der Waals surface area contributed by atoms with E-state index in [9.17, 15) is 4.79 Å². The zero-order valence-electron chi connectivity index (χ0n) is 5.63. The van der Waals surface area contributed by atoms with E-state index in [2.05, 4.69) is 5.16 Å². The lowest BCUT2D eigenvalue weighted by Crippen LogP contribution is -2.13. The zero-order valence-corrected chi connectivity index (χ0v) is 5.63. The van der Waals surface area contributed by atoms with Gasteiger partial charge in [0.05, 0.1) is 12.1 Å². The van der Waals surface area contributed by atoms with Crippen LogP contribution in [-0.2, 0) is 11.2 Å². The SMILES string of the molecule is Cc1cc(CC(N)=O)no1. The fourth-order valence-corrected chi connectivity index (χ4v) is 0.680. The number of nitrogens with two attached hydrogens (primary N) is 1. The highest BCUT2D eigenvalue weighted by molar-refractivity contribution is 5.75. The van der Waals surface area contributed by atoms with E-state index in [0.29, 0.717) is 11.5 Å². The summed E-state index contributed by atoms with van der Waals surface area (Å²) in [6.45, 7) is 1.76. The van der Waals surface area contributed by atoms with Crippen molar-refractivity contribution >= 4 is 5.91 Å². The Kier molecular flexibility index (Phi) is 1.71. The van der Waals surface area contributed by atoms with E-state index in [1.807, 2.05) is 0 Å². The summed E-state index contributed by atoms with van der Waals surface area (Å²) in [7, 11) is 0. The summed E-state index contributed by atoms with van der Waals surface area (Å²) in [4.78, 5) is 10.3. The quantitative estimate of drug-likeness (QED) is 0.629. The molecule has 0 spiro atoms. The maximum Gasteiger partial charge on any atom is 0.223 e. The molecule has 0 bridgehead atoms. The van der Waals surface area contributed by atoms with E-state index in [1.54, 1.807) is 13.0 Å². The highest BCUT2D eigenvalue weighted by atomic mass is 16.5. The van der Waals surface area contributed by atoms with Crippen LogP contribution in [0.4, 0.5) is 0 Å². The molecule has 0 atom stereocenters. The second kappa shape index (κ2) is 2.51. The average Bonchev–Trinajstić information content (AvgIpc) is 2.13. The van der Waals surface area contributed by atoms with E-state index < -0.39 is 5.91 Å². The third-order valence-electron chi connectivity index (χ3n) is 1.03. The lowest BCUT2D eigenvalue weighted by atomic mass is 10.3. The maximum absolute atomic E-state index is 10.3. The summed E-state index contributed by atoms with van der Waals surface area (Å²) in [5.74, 6) is 0.296. The molecule has 2 N–H and O–H groups in total. The van der Waals surface area contributed by atoms with E-state index >= 15 is 0 Å². The highest BCUT2D eigenvalue weighted by Gasteiger charge is 2.02. The predicted molar refractivity (Wildman–Crippen MR) is 34.1 cm³/mol. The van der Waals surface area contributed by atoms with Crippen LogP contribution < -0.4 is 5.73 Å². The number of aromatic nitrogens is 1. The summed E-state index contributed by atoms with van der Waals surface area (Å²) in [6.07, 6.45) is 0.150. The number of carbonyl (C=O) groups is 1. The van der Waals surface area contributed by atoms with Gasteiger partial charge in [0, 0.05) is 6.07 Å². The molecule has 0 aliphatic heterocycles. The summed E-state index contributed by atoms with van der Waals surface area (Å²) < 4.78 is 4.71. The Bertz CT molecular complexity index is 242. The minimum Gasteiger partial charge on any atom is -0.369 e. The molecule has 54 valence electrons. The van der Waals surface area contributed by atoms with Gasteiger partial charge in [-0.15, -0.1) is 0 Å². The molecule has 1 aromatic rings. The molecule has 0 radical (unpaired) electrons. The Balaban J connectivity index is 2.67. The van der Waals surface area contributed by atoms with Crippen molar-refractivity contribution in [2.75, 3.05) is 0 Å². The molecule has 4 nitrogen and oxygen atoms in total. The van der Waals surface area contributed by atoms with Crippen molar-refractivity contribution in [3.8, 4) is 0 Å². The highest BCUT2D eigenvalue weighted by Crippen LogP contribution is 2.00. The molecule has 1 heterocycles.